The normalized spacial score (nSPS) is 12.2. The van der Waals surface area contributed by atoms with Gasteiger partial charge < -0.3 is 0 Å². The van der Waals surface area contributed by atoms with Gasteiger partial charge in [-0.05, 0) is 9.05 Å². The summed E-state index contributed by atoms with van der Waals surface area (Å²) in [6, 6.07) is 0. The lowest BCUT2D eigenvalue weighted by Gasteiger charge is -1.97. The predicted octanol–water partition coefficient (Wildman–Crippen LogP) is 2.12. The highest BCUT2D eigenvalue weighted by molar-refractivity contribution is 7.53. The molecule has 0 spiro atoms. The van der Waals surface area contributed by atoms with Crippen molar-refractivity contribution in [1.29, 1.82) is 0 Å². The maximum Gasteiger partial charge on any atom is 0.547 e. The van der Waals surface area contributed by atoms with Crippen molar-refractivity contribution in [2.45, 2.75) is 0 Å². The zero-order chi connectivity index (χ0) is 7.33. The number of hydrogen-bond acceptors (Lipinski definition) is 5. The van der Waals surface area contributed by atoms with Crippen molar-refractivity contribution in [2.75, 3.05) is 0 Å². The standard InChI is InChI=1S/F2O5P2/c1-5-9(4,6-2)7-8-3. The van der Waals surface area contributed by atoms with Gasteiger partial charge in [0, 0.05) is 0 Å². The maximum atomic E-state index is 10.8. The van der Waals surface area contributed by atoms with Crippen molar-refractivity contribution >= 4 is 16.5 Å². The van der Waals surface area contributed by atoms with E-state index in [-0.39, 0.29) is 0 Å². The molecule has 0 aromatic carbocycles. The molecule has 0 bridgehead atoms. The molecule has 9 heavy (non-hydrogen) atoms. The van der Waals surface area contributed by atoms with Crippen LogP contribution in [0.5, 0.6) is 0 Å². The second-order valence-corrected chi connectivity index (χ2v) is 2.71. The highest BCUT2D eigenvalue weighted by Gasteiger charge is 2.30. The molecule has 0 fully saturated rings. The second kappa shape index (κ2) is 3.98. The molecule has 5 nitrogen and oxygen atoms in total. The van der Waals surface area contributed by atoms with E-state index in [1.54, 1.807) is 0 Å². The van der Waals surface area contributed by atoms with E-state index in [9.17, 15) is 18.2 Å². The Kier molecular flexibility index (Phi) is 4.01. The van der Waals surface area contributed by atoms with Crippen molar-refractivity contribution in [3.63, 3.8) is 0 Å². The molecular formula is F2O5P2. The lowest BCUT2D eigenvalue weighted by Crippen LogP contribution is -1.79. The first-order valence-electron chi connectivity index (χ1n) is 1.40. The van der Waals surface area contributed by atoms with Crippen molar-refractivity contribution in [3.8, 4) is 0 Å². The predicted molar refractivity (Wildman–Crippen MR) is 20.7 cm³/mol. The number of hydrogen-bond donors (Lipinski definition) is 0. The Morgan fingerprint density at radius 1 is 1.33 bits per heavy atom. The van der Waals surface area contributed by atoms with E-state index < -0.39 is 16.5 Å². The van der Waals surface area contributed by atoms with Crippen LogP contribution < -0.4 is 0 Å². The molecule has 0 aliphatic carbocycles. The van der Waals surface area contributed by atoms with Gasteiger partial charge >= 0.3 is 16.5 Å². The van der Waals surface area contributed by atoms with Gasteiger partial charge in [-0.3, -0.25) is 0 Å². The SMILES string of the molecule is O=POP(=O)(OF)OF. The van der Waals surface area contributed by atoms with Crippen LogP contribution in [-0.4, -0.2) is 0 Å². The summed E-state index contributed by atoms with van der Waals surface area (Å²) in [4.78, 5) is 0. The first kappa shape index (κ1) is 9.07. The summed E-state index contributed by atoms with van der Waals surface area (Å²) in [6.45, 7) is 0. The van der Waals surface area contributed by atoms with Crippen LogP contribution in [0.3, 0.4) is 0 Å². The summed E-state index contributed by atoms with van der Waals surface area (Å²) in [6.07, 6.45) is 0. The van der Waals surface area contributed by atoms with Gasteiger partial charge in [0.05, 0.1) is 0 Å². The first-order chi connectivity index (χ1) is 4.18. The number of halogens is 2. The third-order valence-electron chi connectivity index (χ3n) is 0.302. The van der Waals surface area contributed by atoms with Crippen molar-refractivity contribution < 1.29 is 31.9 Å². The van der Waals surface area contributed by atoms with Gasteiger partial charge in [-0.2, -0.15) is 4.31 Å². The van der Waals surface area contributed by atoms with E-state index >= 15 is 0 Å². The van der Waals surface area contributed by atoms with Crippen LogP contribution in [0.1, 0.15) is 0 Å². The van der Waals surface area contributed by atoms with Crippen LogP contribution in [0.2, 0.25) is 0 Å². The molecule has 0 rings (SSSR count). The molecule has 0 aromatic rings. The first-order valence-corrected chi connectivity index (χ1v) is 3.59. The van der Waals surface area contributed by atoms with E-state index in [2.05, 4.69) is 13.8 Å². The van der Waals surface area contributed by atoms with Crippen LogP contribution >= 0.6 is 16.5 Å². The van der Waals surface area contributed by atoms with Crippen molar-refractivity contribution in [1.82, 2.24) is 0 Å². The molecule has 0 aliphatic heterocycles. The summed E-state index contributed by atoms with van der Waals surface area (Å²) in [5.41, 5.74) is 0. The molecule has 9 heteroatoms. The zero-order valence-electron chi connectivity index (χ0n) is 3.69. The molecule has 0 amide bonds. The molecule has 0 aliphatic rings. The van der Waals surface area contributed by atoms with Gasteiger partial charge in [0.15, 0.2) is 0 Å². The second-order valence-electron chi connectivity index (χ2n) is 0.741. The fourth-order valence-electron chi connectivity index (χ4n) is 0.0767. The molecule has 0 heterocycles. The molecule has 0 radical (unpaired) electrons. The lowest BCUT2D eigenvalue weighted by molar-refractivity contribution is -0.106. The Bertz CT molecular complexity index is 125. The number of rotatable bonds is 4. The van der Waals surface area contributed by atoms with Gasteiger partial charge in [0.2, 0.25) is 0 Å². The molecule has 0 atom stereocenters. The Hall–Kier alpha value is 0.0700. The van der Waals surface area contributed by atoms with E-state index in [0.29, 0.717) is 0 Å². The summed E-state index contributed by atoms with van der Waals surface area (Å²) in [5.74, 6) is 0. The molecule has 0 N–H and O–H groups in total. The lowest BCUT2D eigenvalue weighted by atomic mass is 15.5. The van der Waals surface area contributed by atoms with Crippen LogP contribution in [0.15, 0.2) is 0 Å². The van der Waals surface area contributed by atoms with Crippen LogP contribution in [0, 0.1) is 0 Å². The van der Waals surface area contributed by atoms with Gasteiger partial charge in [-0.1, -0.05) is 9.46 Å². The largest absolute Gasteiger partial charge is 0.547 e. The van der Waals surface area contributed by atoms with Crippen LogP contribution in [0.4, 0.5) is 9.05 Å². The Labute approximate surface area is 49.6 Å². The van der Waals surface area contributed by atoms with E-state index in [1.165, 1.54) is 0 Å². The van der Waals surface area contributed by atoms with Gasteiger partial charge in [-0.15, -0.1) is 0 Å². The third-order valence-corrected chi connectivity index (χ3v) is 1.71. The summed E-state index contributed by atoms with van der Waals surface area (Å²) < 4.78 is 49.0. The monoisotopic (exact) mass is 180 g/mol. The quantitative estimate of drug-likeness (QED) is 0.619. The average molecular weight is 180 g/mol. The van der Waals surface area contributed by atoms with Crippen LogP contribution in [0.25, 0.3) is 0 Å². The highest BCUT2D eigenvalue weighted by Crippen LogP contribution is 2.52. The van der Waals surface area contributed by atoms with Gasteiger partial charge in [0.25, 0.3) is 0 Å². The van der Waals surface area contributed by atoms with Gasteiger partial charge in [-0.25, -0.2) is 9.13 Å². The summed E-state index contributed by atoms with van der Waals surface area (Å²) in [7, 11) is -6.04. The smallest absolute Gasteiger partial charge is 0.240 e. The minimum absolute atomic E-state index is 1.20. The summed E-state index contributed by atoms with van der Waals surface area (Å²) in [5, 5.41) is 0. The Balaban J connectivity index is 3.93. The topological polar surface area (TPSA) is 61.8 Å². The maximum absolute atomic E-state index is 10.8. The molecule has 54 valence electrons. The van der Waals surface area contributed by atoms with E-state index in [1.807, 2.05) is 0 Å². The minimum atomic E-state index is -4.84. The van der Waals surface area contributed by atoms with E-state index in [0.717, 1.165) is 0 Å². The van der Waals surface area contributed by atoms with Gasteiger partial charge in [0.1, 0.15) is 0 Å². The Morgan fingerprint density at radius 2 is 1.78 bits per heavy atom. The average Bonchev–Trinajstić information content (AvgIpc) is 1.89. The third kappa shape index (κ3) is 2.93. The molecular weight excluding hydrogens is 180 g/mol. The number of phosphoric acid groups is 1. The molecule has 0 unspecified atom stereocenters. The summed E-state index contributed by atoms with van der Waals surface area (Å²) >= 11 is 0. The Morgan fingerprint density at radius 3 is 1.89 bits per heavy atom. The van der Waals surface area contributed by atoms with Crippen LogP contribution in [-0.2, 0) is 22.9 Å². The minimum Gasteiger partial charge on any atom is -0.240 e. The molecule has 0 saturated carbocycles. The zero-order valence-corrected chi connectivity index (χ0v) is 5.48. The molecule has 0 saturated heterocycles. The van der Waals surface area contributed by atoms with Crippen molar-refractivity contribution in [3.05, 3.63) is 0 Å². The van der Waals surface area contributed by atoms with E-state index in [4.69, 9.17) is 0 Å². The van der Waals surface area contributed by atoms with Crippen molar-refractivity contribution in [2.24, 2.45) is 0 Å². The molecule has 0 aromatic heterocycles. The fourth-order valence-corrected chi connectivity index (χ4v) is 0.626. The fraction of sp³-hybridized carbons (Fsp3) is 0. The highest BCUT2D eigenvalue weighted by atomic mass is 31.2.